The van der Waals surface area contributed by atoms with Crippen LogP contribution in [0.15, 0.2) is 58.8 Å². The lowest BCUT2D eigenvalue weighted by atomic mass is 9.97. The number of carbonyl (C=O) groups is 1. The van der Waals surface area contributed by atoms with Crippen LogP contribution in [0.5, 0.6) is 0 Å². The van der Waals surface area contributed by atoms with Gasteiger partial charge in [-0.05, 0) is 56.0 Å². The Balaban J connectivity index is 1.37. The average molecular weight is 456 g/mol. The van der Waals surface area contributed by atoms with Gasteiger partial charge in [0.15, 0.2) is 5.13 Å². The maximum atomic E-state index is 12.8. The summed E-state index contributed by atoms with van der Waals surface area (Å²) in [5.41, 5.74) is 4.30. The molecule has 0 bridgehead atoms. The largest absolute Gasteiger partial charge is 0.302 e. The van der Waals surface area contributed by atoms with Gasteiger partial charge in [-0.25, -0.2) is 13.4 Å². The van der Waals surface area contributed by atoms with E-state index in [1.165, 1.54) is 26.8 Å². The Kier molecular flexibility index (Phi) is 6.22. The smallest absolute Gasteiger partial charge is 0.243 e. The molecule has 8 heteroatoms. The molecule has 31 heavy (non-hydrogen) atoms. The number of thiazole rings is 1. The second kappa shape index (κ2) is 8.90. The number of hydrogen-bond acceptors (Lipinski definition) is 5. The van der Waals surface area contributed by atoms with E-state index in [-0.39, 0.29) is 11.8 Å². The van der Waals surface area contributed by atoms with E-state index >= 15 is 0 Å². The number of aryl methyl sites for hydroxylation is 2. The summed E-state index contributed by atoms with van der Waals surface area (Å²) in [6, 6.07) is 14.6. The molecule has 0 saturated carbocycles. The molecule has 0 radical (unpaired) electrons. The highest BCUT2D eigenvalue weighted by Crippen LogP contribution is 2.28. The van der Waals surface area contributed by atoms with E-state index in [0.29, 0.717) is 36.0 Å². The van der Waals surface area contributed by atoms with E-state index in [1.54, 1.807) is 30.3 Å². The van der Waals surface area contributed by atoms with Crippen molar-refractivity contribution in [3.8, 4) is 11.3 Å². The Hall–Kier alpha value is -2.55. The van der Waals surface area contributed by atoms with Gasteiger partial charge < -0.3 is 5.32 Å². The van der Waals surface area contributed by atoms with Gasteiger partial charge in [0.2, 0.25) is 15.9 Å². The van der Waals surface area contributed by atoms with Crippen molar-refractivity contribution in [1.29, 1.82) is 0 Å². The van der Waals surface area contributed by atoms with Gasteiger partial charge in [-0.2, -0.15) is 4.31 Å². The van der Waals surface area contributed by atoms with E-state index in [2.05, 4.69) is 36.3 Å². The predicted molar refractivity (Wildman–Crippen MR) is 124 cm³/mol. The van der Waals surface area contributed by atoms with Crippen LogP contribution in [0.2, 0.25) is 0 Å². The van der Waals surface area contributed by atoms with Crippen LogP contribution in [0.3, 0.4) is 0 Å². The zero-order valence-electron chi connectivity index (χ0n) is 17.5. The number of sulfonamides is 1. The van der Waals surface area contributed by atoms with Gasteiger partial charge in [-0.1, -0.05) is 30.3 Å². The fourth-order valence-electron chi connectivity index (χ4n) is 3.67. The van der Waals surface area contributed by atoms with Crippen molar-refractivity contribution in [1.82, 2.24) is 9.29 Å². The molecule has 2 aromatic carbocycles. The normalized spacial score (nSPS) is 15.7. The maximum Gasteiger partial charge on any atom is 0.243 e. The summed E-state index contributed by atoms with van der Waals surface area (Å²) < 4.78 is 27.0. The first-order valence-corrected chi connectivity index (χ1v) is 12.6. The minimum Gasteiger partial charge on any atom is -0.302 e. The Labute approximate surface area is 187 Å². The van der Waals surface area contributed by atoms with Crippen LogP contribution in [0.25, 0.3) is 11.3 Å². The topological polar surface area (TPSA) is 79.4 Å². The van der Waals surface area contributed by atoms with Crippen LogP contribution in [-0.2, 0) is 14.8 Å². The van der Waals surface area contributed by atoms with Gasteiger partial charge >= 0.3 is 0 Å². The van der Waals surface area contributed by atoms with Crippen molar-refractivity contribution in [3.05, 3.63) is 65.0 Å². The number of anilines is 1. The number of piperidine rings is 1. The molecule has 0 spiro atoms. The van der Waals surface area contributed by atoms with Crippen LogP contribution < -0.4 is 5.32 Å². The fraction of sp³-hybridized carbons (Fsp3) is 0.304. The molecule has 3 aromatic rings. The number of rotatable bonds is 5. The number of aromatic nitrogens is 1. The van der Waals surface area contributed by atoms with Crippen molar-refractivity contribution in [3.63, 3.8) is 0 Å². The van der Waals surface area contributed by atoms with Crippen LogP contribution >= 0.6 is 11.3 Å². The number of hydrogen-bond donors (Lipinski definition) is 1. The van der Waals surface area contributed by atoms with Crippen molar-refractivity contribution < 1.29 is 13.2 Å². The molecular weight excluding hydrogens is 430 g/mol. The lowest BCUT2D eigenvalue weighted by Gasteiger charge is -2.30. The molecule has 1 aliphatic rings. The zero-order valence-corrected chi connectivity index (χ0v) is 19.2. The number of nitrogens with zero attached hydrogens (tertiary/aromatic N) is 2. The van der Waals surface area contributed by atoms with Gasteiger partial charge in [0.05, 0.1) is 10.6 Å². The minimum atomic E-state index is -3.51. The second-order valence-electron chi connectivity index (χ2n) is 7.82. The number of benzene rings is 2. The summed E-state index contributed by atoms with van der Waals surface area (Å²) in [6.07, 6.45) is 0.987. The lowest BCUT2D eigenvalue weighted by molar-refractivity contribution is -0.120. The van der Waals surface area contributed by atoms with Gasteiger partial charge in [-0.3, -0.25) is 4.79 Å². The molecule has 1 amide bonds. The molecule has 162 valence electrons. The standard InChI is InChI=1S/C23H25N3O3S2/c1-16-8-9-19(14-17(16)2)21-15-30-23(24-21)25-22(27)18-10-12-26(13-11-18)31(28,29)20-6-4-3-5-7-20/h3-9,14-15,18H,10-13H2,1-2H3,(H,24,25,27). The summed E-state index contributed by atoms with van der Waals surface area (Å²) in [7, 11) is -3.51. The predicted octanol–water partition coefficient (Wildman–Crippen LogP) is 4.47. The Morgan fingerprint density at radius 1 is 1.06 bits per heavy atom. The van der Waals surface area contributed by atoms with Crippen LogP contribution in [0, 0.1) is 19.8 Å². The highest BCUT2D eigenvalue weighted by molar-refractivity contribution is 7.89. The average Bonchev–Trinajstić information content (AvgIpc) is 3.25. The first kappa shape index (κ1) is 21.7. The molecule has 1 fully saturated rings. The maximum absolute atomic E-state index is 12.8. The molecule has 1 aromatic heterocycles. The van der Waals surface area contributed by atoms with E-state index in [9.17, 15) is 13.2 Å². The lowest BCUT2D eigenvalue weighted by Crippen LogP contribution is -2.41. The summed E-state index contributed by atoms with van der Waals surface area (Å²) in [5, 5.41) is 5.42. The quantitative estimate of drug-likeness (QED) is 0.616. The van der Waals surface area contributed by atoms with Crippen LogP contribution in [0.1, 0.15) is 24.0 Å². The van der Waals surface area contributed by atoms with Gasteiger partial charge in [0.25, 0.3) is 0 Å². The molecule has 1 aliphatic heterocycles. The number of carbonyl (C=O) groups excluding carboxylic acids is 1. The minimum absolute atomic E-state index is 0.0993. The highest BCUT2D eigenvalue weighted by atomic mass is 32.2. The first-order valence-electron chi connectivity index (χ1n) is 10.2. The third-order valence-corrected chi connectivity index (χ3v) is 8.41. The molecule has 0 unspecified atom stereocenters. The van der Waals surface area contributed by atoms with E-state index in [1.807, 2.05) is 11.4 Å². The zero-order chi connectivity index (χ0) is 22.0. The first-order chi connectivity index (χ1) is 14.8. The van der Waals surface area contributed by atoms with Crippen molar-refractivity contribution >= 4 is 32.4 Å². The third kappa shape index (κ3) is 4.71. The molecule has 0 atom stereocenters. The molecule has 0 aliphatic carbocycles. The van der Waals surface area contributed by atoms with E-state index in [4.69, 9.17) is 0 Å². The molecule has 4 rings (SSSR count). The summed E-state index contributed by atoms with van der Waals surface area (Å²) in [5.74, 6) is -0.325. The highest BCUT2D eigenvalue weighted by Gasteiger charge is 2.32. The number of nitrogens with one attached hydrogen (secondary N) is 1. The molecule has 1 saturated heterocycles. The van der Waals surface area contributed by atoms with Gasteiger partial charge in [-0.15, -0.1) is 11.3 Å². The van der Waals surface area contributed by atoms with Crippen LogP contribution in [-0.4, -0.2) is 36.7 Å². The molecule has 6 nitrogen and oxygen atoms in total. The Morgan fingerprint density at radius 3 is 2.45 bits per heavy atom. The van der Waals surface area contributed by atoms with Gasteiger partial charge in [0, 0.05) is 30.0 Å². The summed E-state index contributed by atoms with van der Waals surface area (Å²) in [4.78, 5) is 17.6. The van der Waals surface area contributed by atoms with Gasteiger partial charge in [0.1, 0.15) is 0 Å². The summed E-state index contributed by atoms with van der Waals surface area (Å²) in [6.45, 7) is 4.81. The van der Waals surface area contributed by atoms with Crippen LogP contribution in [0.4, 0.5) is 5.13 Å². The second-order valence-corrected chi connectivity index (χ2v) is 10.6. The van der Waals surface area contributed by atoms with Crippen molar-refractivity contribution in [2.24, 2.45) is 5.92 Å². The van der Waals surface area contributed by atoms with Crippen molar-refractivity contribution in [2.75, 3.05) is 18.4 Å². The van der Waals surface area contributed by atoms with Crippen molar-refractivity contribution in [2.45, 2.75) is 31.6 Å². The fourth-order valence-corrected chi connectivity index (χ4v) is 5.89. The van der Waals surface area contributed by atoms with E-state index < -0.39 is 10.0 Å². The summed E-state index contributed by atoms with van der Waals surface area (Å²) >= 11 is 1.40. The Morgan fingerprint density at radius 2 is 1.77 bits per heavy atom. The third-order valence-electron chi connectivity index (χ3n) is 5.74. The molecular formula is C23H25N3O3S2. The molecule has 1 N–H and O–H groups in total. The molecule has 2 heterocycles. The van der Waals surface area contributed by atoms with E-state index in [0.717, 1.165) is 11.3 Å². The number of amides is 1. The Bertz CT molecular complexity index is 1180. The SMILES string of the molecule is Cc1ccc(-c2csc(NC(=O)C3CCN(S(=O)(=O)c4ccccc4)CC3)n2)cc1C. The monoisotopic (exact) mass is 455 g/mol.